The van der Waals surface area contributed by atoms with Gasteiger partial charge in [0.1, 0.15) is 0 Å². The summed E-state index contributed by atoms with van der Waals surface area (Å²) in [6, 6.07) is 0. The smallest absolute Gasteiger partial charge is 0.343 e. The molecule has 0 aliphatic carbocycles. The Morgan fingerprint density at radius 3 is 2.43 bits per heavy atom. The third-order valence-electron chi connectivity index (χ3n) is 3.00. The van der Waals surface area contributed by atoms with Crippen LogP contribution in [-0.2, 0) is 14.1 Å². The Bertz CT molecular complexity index is 283. The van der Waals surface area contributed by atoms with E-state index in [4.69, 9.17) is 4.74 Å². The summed E-state index contributed by atoms with van der Waals surface area (Å²) >= 11 is 0. The van der Waals surface area contributed by atoms with Gasteiger partial charge in [-0.1, -0.05) is 13.8 Å². The summed E-state index contributed by atoms with van der Waals surface area (Å²) in [5.41, 5.74) is 0. The number of carbonyl (C=O) groups excluding carboxylic acids is 1. The summed E-state index contributed by atoms with van der Waals surface area (Å²) in [6.07, 6.45) is 0.652. The Morgan fingerprint density at radius 1 is 1.57 bits per heavy atom. The first kappa shape index (κ1) is 11.7. The van der Waals surface area contributed by atoms with E-state index in [0.717, 1.165) is 0 Å². The van der Waals surface area contributed by atoms with E-state index in [1.165, 1.54) is 0 Å². The van der Waals surface area contributed by atoms with Crippen LogP contribution in [0.15, 0.2) is 0 Å². The molecule has 0 aromatic carbocycles. The van der Waals surface area contributed by atoms with Gasteiger partial charge >= 0.3 is 13.6 Å². The molecule has 14 heavy (non-hydrogen) atoms. The molecule has 0 aromatic rings. The van der Waals surface area contributed by atoms with E-state index in [-0.39, 0.29) is 18.9 Å². The topological polar surface area (TPSA) is 83.8 Å². The van der Waals surface area contributed by atoms with E-state index >= 15 is 0 Å². The van der Waals surface area contributed by atoms with Gasteiger partial charge in [0.05, 0.1) is 6.61 Å². The fourth-order valence-corrected chi connectivity index (χ4v) is 3.50. The van der Waals surface area contributed by atoms with Crippen molar-refractivity contribution in [1.29, 1.82) is 0 Å². The maximum atomic E-state index is 11.4. The van der Waals surface area contributed by atoms with Gasteiger partial charge in [0.15, 0.2) is 5.16 Å². The summed E-state index contributed by atoms with van der Waals surface area (Å²) < 4.78 is 16.1. The molecule has 2 atom stereocenters. The molecule has 2 N–H and O–H groups in total. The van der Waals surface area contributed by atoms with Gasteiger partial charge < -0.3 is 14.5 Å². The molecule has 1 aliphatic heterocycles. The third-order valence-corrected chi connectivity index (χ3v) is 4.90. The second kappa shape index (κ2) is 3.65. The molecule has 1 fully saturated rings. The van der Waals surface area contributed by atoms with Crippen LogP contribution >= 0.6 is 7.60 Å². The van der Waals surface area contributed by atoms with Crippen molar-refractivity contribution in [2.75, 3.05) is 6.61 Å². The van der Waals surface area contributed by atoms with Crippen molar-refractivity contribution in [2.24, 2.45) is 5.92 Å². The number of carbonyl (C=O) groups is 1. The minimum Gasteiger partial charge on any atom is -0.464 e. The highest BCUT2D eigenvalue weighted by Gasteiger charge is 2.61. The quantitative estimate of drug-likeness (QED) is 0.547. The molecule has 2 unspecified atom stereocenters. The molecule has 1 heterocycles. The highest BCUT2D eigenvalue weighted by Crippen LogP contribution is 2.60. The standard InChI is InChI=1S/C8H15O5P/c1-3-6-5-13-7(9)8(6,4-2)14(10,11)12/h6H,3-5H2,1-2H3,(H2,10,11,12). The lowest BCUT2D eigenvalue weighted by atomic mass is 9.90. The van der Waals surface area contributed by atoms with E-state index in [1.54, 1.807) is 13.8 Å². The minimum absolute atomic E-state index is 0.119. The Morgan fingerprint density at radius 2 is 2.14 bits per heavy atom. The fraction of sp³-hybridized carbons (Fsp3) is 0.875. The molecule has 0 spiro atoms. The van der Waals surface area contributed by atoms with Crippen molar-refractivity contribution in [2.45, 2.75) is 31.8 Å². The second-order valence-electron chi connectivity index (χ2n) is 3.53. The van der Waals surface area contributed by atoms with Gasteiger partial charge in [0.25, 0.3) is 0 Å². The first-order chi connectivity index (χ1) is 6.40. The summed E-state index contributed by atoms with van der Waals surface area (Å²) in [4.78, 5) is 29.9. The van der Waals surface area contributed by atoms with Crippen molar-refractivity contribution in [3.63, 3.8) is 0 Å². The van der Waals surface area contributed by atoms with Crippen LogP contribution in [-0.4, -0.2) is 27.5 Å². The van der Waals surface area contributed by atoms with E-state index in [9.17, 15) is 19.1 Å². The molecule has 6 heteroatoms. The number of rotatable bonds is 3. The van der Waals surface area contributed by atoms with E-state index in [0.29, 0.717) is 6.42 Å². The van der Waals surface area contributed by atoms with Crippen LogP contribution in [0.1, 0.15) is 26.7 Å². The van der Waals surface area contributed by atoms with Crippen molar-refractivity contribution >= 4 is 13.6 Å². The lowest BCUT2D eigenvalue weighted by molar-refractivity contribution is -0.140. The van der Waals surface area contributed by atoms with Crippen LogP contribution in [0.5, 0.6) is 0 Å². The molecular weight excluding hydrogens is 207 g/mol. The zero-order valence-corrected chi connectivity index (χ0v) is 9.16. The molecule has 5 nitrogen and oxygen atoms in total. The fourth-order valence-electron chi connectivity index (χ4n) is 2.06. The Balaban J connectivity index is 3.19. The van der Waals surface area contributed by atoms with Crippen molar-refractivity contribution in [3.8, 4) is 0 Å². The maximum absolute atomic E-state index is 11.4. The number of hydrogen-bond donors (Lipinski definition) is 2. The van der Waals surface area contributed by atoms with Gasteiger partial charge in [0.2, 0.25) is 0 Å². The zero-order valence-electron chi connectivity index (χ0n) is 8.27. The summed E-state index contributed by atoms with van der Waals surface area (Å²) in [5, 5.41) is -1.60. The lowest BCUT2D eigenvalue weighted by Crippen LogP contribution is -2.39. The van der Waals surface area contributed by atoms with E-state index < -0.39 is 18.7 Å². The first-order valence-electron chi connectivity index (χ1n) is 4.63. The van der Waals surface area contributed by atoms with Crippen LogP contribution < -0.4 is 0 Å². The van der Waals surface area contributed by atoms with Gasteiger partial charge in [-0.2, -0.15) is 0 Å². The first-order valence-corrected chi connectivity index (χ1v) is 6.24. The van der Waals surface area contributed by atoms with Crippen molar-refractivity contribution < 1.29 is 23.9 Å². The predicted molar refractivity (Wildman–Crippen MR) is 49.8 cm³/mol. The minimum atomic E-state index is -4.45. The SMILES string of the molecule is CCC1COC(=O)C1(CC)P(=O)(O)O. The normalized spacial score (nSPS) is 33.1. The molecule has 0 aromatic heterocycles. The third kappa shape index (κ3) is 1.40. The highest BCUT2D eigenvalue weighted by atomic mass is 31.2. The Hall–Kier alpha value is -0.380. The average Bonchev–Trinajstić information content (AvgIpc) is 2.41. The predicted octanol–water partition coefficient (Wildman–Crippen LogP) is 0.896. The van der Waals surface area contributed by atoms with Gasteiger partial charge in [-0.3, -0.25) is 9.36 Å². The number of ether oxygens (including phenoxy) is 1. The second-order valence-corrected chi connectivity index (χ2v) is 5.41. The average molecular weight is 222 g/mol. The molecule has 0 saturated carbocycles. The molecule has 0 amide bonds. The summed E-state index contributed by atoms with van der Waals surface area (Å²) in [6.45, 7) is 3.52. The van der Waals surface area contributed by atoms with Crippen LogP contribution in [0.3, 0.4) is 0 Å². The zero-order chi connectivity index (χ0) is 11.0. The monoisotopic (exact) mass is 222 g/mol. The summed E-state index contributed by atoms with van der Waals surface area (Å²) in [7, 11) is -4.45. The Labute approximate surface area is 82.6 Å². The van der Waals surface area contributed by atoms with Crippen LogP contribution in [0.2, 0.25) is 0 Å². The molecular formula is C8H15O5P. The van der Waals surface area contributed by atoms with Crippen LogP contribution in [0.4, 0.5) is 0 Å². The van der Waals surface area contributed by atoms with Crippen LogP contribution in [0.25, 0.3) is 0 Å². The number of hydrogen-bond acceptors (Lipinski definition) is 3. The van der Waals surface area contributed by atoms with Crippen LogP contribution in [0, 0.1) is 5.92 Å². The molecule has 1 saturated heterocycles. The van der Waals surface area contributed by atoms with Gasteiger partial charge in [0, 0.05) is 5.92 Å². The van der Waals surface area contributed by atoms with Gasteiger partial charge in [-0.15, -0.1) is 0 Å². The van der Waals surface area contributed by atoms with E-state index in [1.807, 2.05) is 0 Å². The number of cyclic esters (lactones) is 1. The van der Waals surface area contributed by atoms with E-state index in [2.05, 4.69) is 0 Å². The Kier molecular flexibility index (Phi) is 3.04. The molecule has 0 radical (unpaired) electrons. The lowest BCUT2D eigenvalue weighted by Gasteiger charge is -2.29. The largest absolute Gasteiger partial charge is 0.464 e. The molecule has 1 rings (SSSR count). The highest BCUT2D eigenvalue weighted by molar-refractivity contribution is 7.54. The summed E-state index contributed by atoms with van der Waals surface area (Å²) in [5.74, 6) is -1.12. The maximum Gasteiger partial charge on any atom is 0.343 e. The van der Waals surface area contributed by atoms with Crippen molar-refractivity contribution in [3.05, 3.63) is 0 Å². The molecule has 0 bridgehead atoms. The number of esters is 1. The van der Waals surface area contributed by atoms with Crippen molar-refractivity contribution in [1.82, 2.24) is 0 Å². The molecule has 82 valence electrons. The molecule has 1 aliphatic rings. The van der Waals surface area contributed by atoms with Gasteiger partial charge in [-0.05, 0) is 12.8 Å². The van der Waals surface area contributed by atoms with Gasteiger partial charge in [-0.25, -0.2) is 0 Å².